The van der Waals surface area contributed by atoms with Crippen molar-refractivity contribution in [3.63, 3.8) is 0 Å². The summed E-state index contributed by atoms with van der Waals surface area (Å²) in [5.41, 5.74) is 0. The van der Waals surface area contributed by atoms with Crippen molar-refractivity contribution in [3.8, 4) is 0 Å². The average molecular weight is 277 g/mol. The fourth-order valence-corrected chi connectivity index (χ4v) is 1.78. The van der Waals surface area contributed by atoms with Gasteiger partial charge >= 0.3 is 0 Å². The van der Waals surface area contributed by atoms with E-state index in [2.05, 4.69) is 20.5 Å². The van der Waals surface area contributed by atoms with E-state index in [0.29, 0.717) is 24.0 Å². The molecule has 0 unspecified atom stereocenters. The van der Waals surface area contributed by atoms with Crippen molar-refractivity contribution in [1.82, 2.24) is 25.4 Å². The highest BCUT2D eigenvalue weighted by atomic mass is 16.4. The summed E-state index contributed by atoms with van der Waals surface area (Å²) in [4.78, 5) is 18.2. The van der Waals surface area contributed by atoms with Gasteiger partial charge in [-0.25, -0.2) is 4.98 Å². The maximum absolute atomic E-state index is 12.1. The largest absolute Gasteiger partial charge is 0.455 e. The first-order chi connectivity index (χ1) is 9.45. The van der Waals surface area contributed by atoms with Crippen molar-refractivity contribution in [3.05, 3.63) is 35.3 Å². The zero-order valence-electron chi connectivity index (χ0n) is 12.1. The van der Waals surface area contributed by atoms with Crippen LogP contribution < -0.4 is 5.32 Å². The van der Waals surface area contributed by atoms with E-state index in [-0.39, 0.29) is 11.9 Å². The molecule has 2 aromatic heterocycles. The lowest BCUT2D eigenvalue weighted by atomic mass is 10.3. The first kappa shape index (κ1) is 14.3. The lowest BCUT2D eigenvalue weighted by Gasteiger charge is -2.09. The van der Waals surface area contributed by atoms with Gasteiger partial charge in [0, 0.05) is 0 Å². The Morgan fingerprint density at radius 2 is 2.25 bits per heavy atom. The molecular formula is C13H19N5O2. The molecule has 2 N–H and O–H groups in total. The lowest BCUT2D eigenvalue weighted by Crippen LogP contribution is -2.27. The molecule has 2 heterocycles. The lowest BCUT2D eigenvalue weighted by molar-refractivity contribution is 0.0907. The number of carbonyl (C=O) groups excluding carboxylic acids is 1. The molecule has 2 aromatic rings. The fourth-order valence-electron chi connectivity index (χ4n) is 1.78. The van der Waals surface area contributed by atoms with Crippen LogP contribution in [0.15, 0.2) is 16.5 Å². The minimum atomic E-state index is -0.283. The molecule has 0 aliphatic heterocycles. The van der Waals surface area contributed by atoms with Crippen LogP contribution in [0.3, 0.4) is 0 Å². The van der Waals surface area contributed by atoms with Gasteiger partial charge in [-0.3, -0.25) is 9.89 Å². The van der Waals surface area contributed by atoms with Gasteiger partial charge in [0.1, 0.15) is 11.6 Å². The molecule has 0 saturated heterocycles. The summed E-state index contributed by atoms with van der Waals surface area (Å²) >= 11 is 0. The van der Waals surface area contributed by atoms with Crippen LogP contribution in [0.5, 0.6) is 0 Å². The van der Waals surface area contributed by atoms with Crippen molar-refractivity contribution in [2.75, 3.05) is 14.1 Å². The molecule has 0 aliphatic rings. The van der Waals surface area contributed by atoms with Crippen LogP contribution in [-0.4, -0.2) is 40.1 Å². The Bertz CT molecular complexity index is 587. The van der Waals surface area contributed by atoms with Gasteiger partial charge in [0.25, 0.3) is 5.91 Å². The van der Waals surface area contributed by atoms with Crippen LogP contribution >= 0.6 is 0 Å². The van der Waals surface area contributed by atoms with Crippen LogP contribution in [0.25, 0.3) is 0 Å². The van der Waals surface area contributed by atoms with Crippen molar-refractivity contribution in [1.29, 1.82) is 0 Å². The van der Waals surface area contributed by atoms with E-state index in [1.807, 2.05) is 32.8 Å². The van der Waals surface area contributed by atoms with E-state index in [9.17, 15) is 4.79 Å². The van der Waals surface area contributed by atoms with Crippen LogP contribution in [0, 0.1) is 6.92 Å². The Balaban J connectivity index is 1.99. The number of rotatable bonds is 5. The van der Waals surface area contributed by atoms with Crippen LogP contribution in [0.4, 0.5) is 0 Å². The Morgan fingerprint density at radius 3 is 2.85 bits per heavy atom. The summed E-state index contributed by atoms with van der Waals surface area (Å²) in [6.45, 7) is 4.29. The van der Waals surface area contributed by atoms with E-state index in [1.54, 1.807) is 12.1 Å². The van der Waals surface area contributed by atoms with Gasteiger partial charge in [0.05, 0.1) is 12.6 Å². The number of nitrogens with one attached hydrogen (secondary N) is 2. The van der Waals surface area contributed by atoms with Gasteiger partial charge in [-0.2, -0.15) is 5.10 Å². The van der Waals surface area contributed by atoms with Crippen LogP contribution in [0.1, 0.15) is 40.9 Å². The monoisotopic (exact) mass is 277 g/mol. The molecule has 0 radical (unpaired) electrons. The third-order valence-electron chi connectivity index (χ3n) is 2.71. The van der Waals surface area contributed by atoms with Crippen molar-refractivity contribution < 1.29 is 9.21 Å². The summed E-state index contributed by atoms with van der Waals surface area (Å²) in [5.74, 6) is 2.04. The zero-order chi connectivity index (χ0) is 14.7. The summed E-state index contributed by atoms with van der Waals surface area (Å²) in [5, 5.41) is 9.57. The molecule has 2 rings (SSSR count). The third kappa shape index (κ3) is 3.45. The highest BCUT2D eigenvalue weighted by Crippen LogP contribution is 2.12. The van der Waals surface area contributed by atoms with E-state index in [1.165, 1.54) is 0 Å². The molecule has 0 aliphatic carbocycles. The Kier molecular flexibility index (Phi) is 4.19. The number of nitrogens with zero attached hydrogens (tertiary/aromatic N) is 3. The SMILES string of the molecule is Cc1nc([C@@H](C)NC(=O)c2ccc(CN(C)C)o2)n[nH]1. The molecule has 0 spiro atoms. The number of hydrogen-bond donors (Lipinski definition) is 2. The second-order valence-electron chi connectivity index (χ2n) is 4.98. The molecule has 0 aromatic carbocycles. The smallest absolute Gasteiger partial charge is 0.287 e. The van der Waals surface area contributed by atoms with Crippen molar-refractivity contribution >= 4 is 5.91 Å². The van der Waals surface area contributed by atoms with Gasteiger partial charge in [0.2, 0.25) is 0 Å². The highest BCUT2D eigenvalue weighted by Gasteiger charge is 2.17. The standard InChI is InChI=1S/C13H19N5O2/c1-8(12-15-9(2)16-17-12)14-13(19)11-6-5-10(20-11)7-18(3)4/h5-6,8H,7H2,1-4H3,(H,14,19)(H,15,16,17)/t8-/m1/s1. The Labute approximate surface area is 117 Å². The second-order valence-corrected chi connectivity index (χ2v) is 4.98. The van der Waals surface area contributed by atoms with E-state index in [0.717, 1.165) is 5.76 Å². The molecule has 20 heavy (non-hydrogen) atoms. The number of furan rings is 1. The average Bonchev–Trinajstić information content (AvgIpc) is 2.97. The first-order valence-corrected chi connectivity index (χ1v) is 6.39. The molecule has 0 fully saturated rings. The molecular weight excluding hydrogens is 258 g/mol. The summed E-state index contributed by atoms with van der Waals surface area (Å²) in [6.07, 6.45) is 0. The predicted octanol–water partition coefficient (Wildman–Crippen LogP) is 1.26. The fraction of sp³-hybridized carbons (Fsp3) is 0.462. The number of aromatic amines is 1. The second kappa shape index (κ2) is 5.87. The number of amides is 1. The highest BCUT2D eigenvalue weighted by molar-refractivity contribution is 5.91. The molecule has 0 bridgehead atoms. The van der Waals surface area contributed by atoms with Crippen LogP contribution in [0.2, 0.25) is 0 Å². The number of carbonyl (C=O) groups is 1. The van der Waals surface area contributed by atoms with Crippen molar-refractivity contribution in [2.45, 2.75) is 26.4 Å². The maximum Gasteiger partial charge on any atom is 0.287 e. The molecule has 7 nitrogen and oxygen atoms in total. The van der Waals surface area contributed by atoms with E-state index >= 15 is 0 Å². The first-order valence-electron chi connectivity index (χ1n) is 6.39. The minimum Gasteiger partial charge on any atom is -0.455 e. The zero-order valence-corrected chi connectivity index (χ0v) is 12.1. The Morgan fingerprint density at radius 1 is 1.50 bits per heavy atom. The van der Waals surface area contributed by atoms with Crippen molar-refractivity contribution in [2.24, 2.45) is 0 Å². The summed E-state index contributed by atoms with van der Waals surface area (Å²) in [6, 6.07) is 3.19. The molecule has 7 heteroatoms. The number of aryl methyl sites for hydroxylation is 1. The number of hydrogen-bond acceptors (Lipinski definition) is 5. The van der Waals surface area contributed by atoms with Gasteiger partial charge in [-0.1, -0.05) is 0 Å². The van der Waals surface area contributed by atoms with Gasteiger partial charge in [-0.15, -0.1) is 0 Å². The van der Waals surface area contributed by atoms with Gasteiger partial charge in [0.15, 0.2) is 11.6 Å². The quantitative estimate of drug-likeness (QED) is 0.859. The Hall–Kier alpha value is -2.15. The molecule has 1 atom stereocenters. The normalized spacial score (nSPS) is 12.7. The number of H-pyrrole nitrogens is 1. The van der Waals surface area contributed by atoms with E-state index < -0.39 is 0 Å². The van der Waals surface area contributed by atoms with Gasteiger partial charge < -0.3 is 14.6 Å². The molecule has 0 saturated carbocycles. The summed E-state index contributed by atoms with van der Waals surface area (Å²) in [7, 11) is 3.88. The van der Waals surface area contributed by atoms with E-state index in [4.69, 9.17) is 4.42 Å². The third-order valence-corrected chi connectivity index (χ3v) is 2.71. The topological polar surface area (TPSA) is 87.1 Å². The molecule has 108 valence electrons. The van der Waals surface area contributed by atoms with Crippen LogP contribution in [-0.2, 0) is 6.54 Å². The minimum absolute atomic E-state index is 0.273. The predicted molar refractivity (Wildman–Crippen MR) is 73.1 cm³/mol. The molecule has 1 amide bonds. The van der Waals surface area contributed by atoms with Gasteiger partial charge in [-0.05, 0) is 40.1 Å². The maximum atomic E-state index is 12.1. The summed E-state index contributed by atoms with van der Waals surface area (Å²) < 4.78 is 5.50. The number of aromatic nitrogens is 3.